The largest absolute Gasteiger partial charge is 0.497 e. The molecule has 2 aromatic heterocycles. The van der Waals surface area contributed by atoms with Gasteiger partial charge in [-0.15, -0.1) is 11.3 Å². The Bertz CT molecular complexity index is 1250. The number of fused-ring (bicyclic) bond motifs is 1. The highest BCUT2D eigenvalue weighted by Crippen LogP contribution is 2.31. The maximum absolute atomic E-state index is 12.5. The lowest BCUT2D eigenvalue weighted by Gasteiger charge is -2.05. The molecule has 2 aromatic carbocycles. The first-order valence-electron chi connectivity index (χ1n) is 8.92. The van der Waals surface area contributed by atoms with Crippen LogP contribution in [0.4, 0.5) is 5.13 Å². The van der Waals surface area contributed by atoms with Gasteiger partial charge in [0.1, 0.15) is 12.3 Å². The Morgan fingerprint density at radius 1 is 1.17 bits per heavy atom. The molecular weight excluding hydrogens is 388 g/mol. The van der Waals surface area contributed by atoms with Crippen molar-refractivity contribution in [2.45, 2.75) is 13.5 Å². The van der Waals surface area contributed by atoms with Crippen LogP contribution in [-0.2, 0) is 11.3 Å². The summed E-state index contributed by atoms with van der Waals surface area (Å²) in [6.07, 6.45) is 1.58. The van der Waals surface area contributed by atoms with Crippen LogP contribution >= 0.6 is 11.3 Å². The molecule has 0 aliphatic heterocycles. The van der Waals surface area contributed by atoms with Crippen molar-refractivity contribution in [1.29, 1.82) is 0 Å². The van der Waals surface area contributed by atoms with Crippen LogP contribution in [-0.4, -0.2) is 27.8 Å². The predicted molar refractivity (Wildman–Crippen MR) is 113 cm³/mol. The molecule has 0 radical (unpaired) electrons. The molecule has 4 aromatic rings. The van der Waals surface area contributed by atoms with Crippen LogP contribution in [0.25, 0.3) is 22.0 Å². The fourth-order valence-electron chi connectivity index (χ4n) is 3.00. The highest BCUT2D eigenvalue weighted by molar-refractivity contribution is 7.16. The fraction of sp³-hybridized carbons (Fsp3) is 0.143. The molecule has 0 aliphatic rings. The van der Waals surface area contributed by atoms with E-state index in [1.54, 1.807) is 25.4 Å². The van der Waals surface area contributed by atoms with Gasteiger partial charge in [-0.3, -0.25) is 9.59 Å². The summed E-state index contributed by atoms with van der Waals surface area (Å²) in [6.45, 7) is 1.77. The third kappa shape index (κ3) is 3.88. The van der Waals surface area contributed by atoms with Gasteiger partial charge in [0.05, 0.1) is 24.4 Å². The number of rotatable bonds is 5. The van der Waals surface area contributed by atoms with E-state index in [1.807, 2.05) is 43.3 Å². The van der Waals surface area contributed by atoms with Crippen molar-refractivity contribution in [3.05, 3.63) is 70.0 Å². The van der Waals surface area contributed by atoms with Gasteiger partial charge in [-0.25, -0.2) is 9.67 Å². The highest BCUT2D eigenvalue weighted by atomic mass is 32.1. The number of nitrogens with one attached hydrogen (secondary N) is 1. The average molecular weight is 406 g/mol. The van der Waals surface area contributed by atoms with Crippen molar-refractivity contribution in [2.75, 3.05) is 12.4 Å². The molecule has 8 heteroatoms. The predicted octanol–water partition coefficient (Wildman–Crippen LogP) is 3.48. The van der Waals surface area contributed by atoms with Crippen LogP contribution in [0.2, 0.25) is 0 Å². The Kier molecular flexibility index (Phi) is 5.09. The first kappa shape index (κ1) is 18.8. The second kappa shape index (κ2) is 7.84. The SMILES string of the molecule is COc1ccc(-c2nc(NC(=O)Cn3ncc4ccccc4c3=O)sc2C)cc1. The summed E-state index contributed by atoms with van der Waals surface area (Å²) in [5.41, 5.74) is 1.44. The summed E-state index contributed by atoms with van der Waals surface area (Å²) < 4.78 is 6.33. The molecule has 0 spiro atoms. The van der Waals surface area contributed by atoms with Gasteiger partial charge in [-0.05, 0) is 37.3 Å². The van der Waals surface area contributed by atoms with Crippen LogP contribution in [0.1, 0.15) is 4.88 Å². The minimum Gasteiger partial charge on any atom is -0.497 e. The number of benzene rings is 2. The smallest absolute Gasteiger partial charge is 0.275 e. The summed E-state index contributed by atoms with van der Waals surface area (Å²) in [7, 11) is 1.62. The summed E-state index contributed by atoms with van der Waals surface area (Å²) in [4.78, 5) is 30.5. The average Bonchev–Trinajstić information content (AvgIpc) is 3.10. The molecule has 0 unspecified atom stereocenters. The van der Waals surface area contributed by atoms with Crippen LogP contribution in [0.15, 0.2) is 59.5 Å². The number of hydrogen-bond donors (Lipinski definition) is 1. The quantitative estimate of drug-likeness (QED) is 0.548. The molecule has 0 saturated carbocycles. The molecule has 0 aliphatic carbocycles. The van der Waals surface area contributed by atoms with Crippen molar-refractivity contribution in [3.63, 3.8) is 0 Å². The monoisotopic (exact) mass is 406 g/mol. The van der Waals surface area contributed by atoms with E-state index >= 15 is 0 Å². The second-order valence-corrected chi connectivity index (χ2v) is 7.60. The molecule has 7 nitrogen and oxygen atoms in total. The van der Waals surface area contributed by atoms with E-state index in [0.29, 0.717) is 10.5 Å². The molecule has 0 saturated heterocycles. The van der Waals surface area contributed by atoms with E-state index in [4.69, 9.17) is 4.74 Å². The van der Waals surface area contributed by atoms with Crippen molar-refractivity contribution in [1.82, 2.24) is 14.8 Å². The molecule has 0 bridgehead atoms. The van der Waals surface area contributed by atoms with Gasteiger partial charge in [-0.2, -0.15) is 5.10 Å². The van der Waals surface area contributed by atoms with Crippen LogP contribution in [0.3, 0.4) is 0 Å². The third-order valence-electron chi connectivity index (χ3n) is 4.46. The highest BCUT2D eigenvalue weighted by Gasteiger charge is 2.14. The summed E-state index contributed by atoms with van der Waals surface area (Å²) in [5, 5.41) is 8.61. The molecule has 4 rings (SSSR count). The van der Waals surface area contributed by atoms with E-state index in [9.17, 15) is 9.59 Å². The number of carbonyl (C=O) groups is 1. The number of methoxy groups -OCH3 is 1. The van der Waals surface area contributed by atoms with Gasteiger partial charge < -0.3 is 10.1 Å². The standard InChI is InChI=1S/C21H18N4O3S/c1-13-19(14-7-9-16(28-2)10-8-14)24-21(29-13)23-18(26)12-25-20(27)17-6-4-3-5-15(17)11-22-25/h3-11H,12H2,1-2H3,(H,23,24,26). The van der Waals surface area contributed by atoms with Gasteiger partial charge in [0.25, 0.3) is 5.56 Å². The fourth-order valence-corrected chi connectivity index (χ4v) is 3.85. The Balaban J connectivity index is 1.52. The molecular formula is C21H18N4O3S. The third-order valence-corrected chi connectivity index (χ3v) is 5.35. The minimum absolute atomic E-state index is 0.180. The molecule has 1 N–H and O–H groups in total. The van der Waals surface area contributed by atoms with Crippen LogP contribution in [0, 0.1) is 6.92 Å². The number of nitrogens with zero attached hydrogens (tertiary/aromatic N) is 3. The first-order valence-corrected chi connectivity index (χ1v) is 9.73. The lowest BCUT2D eigenvalue weighted by atomic mass is 10.1. The lowest BCUT2D eigenvalue weighted by Crippen LogP contribution is -2.29. The van der Waals surface area contributed by atoms with Crippen molar-refractivity contribution in [2.24, 2.45) is 0 Å². The molecule has 1 amide bonds. The van der Waals surface area contributed by atoms with Crippen LogP contribution in [0.5, 0.6) is 5.75 Å². The van der Waals surface area contributed by atoms with Crippen LogP contribution < -0.4 is 15.6 Å². The maximum atomic E-state index is 12.5. The zero-order chi connectivity index (χ0) is 20.4. The Morgan fingerprint density at radius 2 is 1.93 bits per heavy atom. The Morgan fingerprint density at radius 3 is 2.69 bits per heavy atom. The number of ether oxygens (including phenoxy) is 1. The Hall–Kier alpha value is -3.52. The number of aryl methyl sites for hydroxylation is 1. The number of amides is 1. The van der Waals surface area contributed by atoms with Crippen molar-refractivity contribution < 1.29 is 9.53 Å². The van der Waals surface area contributed by atoms with E-state index in [2.05, 4.69) is 15.4 Å². The molecule has 146 valence electrons. The van der Waals surface area contributed by atoms with Gasteiger partial charge in [-0.1, -0.05) is 18.2 Å². The second-order valence-electron chi connectivity index (χ2n) is 6.40. The first-order chi connectivity index (χ1) is 14.0. The zero-order valence-corrected chi connectivity index (χ0v) is 16.7. The number of anilines is 1. The number of aromatic nitrogens is 3. The lowest BCUT2D eigenvalue weighted by molar-refractivity contribution is -0.117. The van der Waals surface area contributed by atoms with Gasteiger partial charge in [0.15, 0.2) is 5.13 Å². The minimum atomic E-state index is -0.357. The molecule has 0 fully saturated rings. The number of thiazole rings is 1. The van der Waals surface area contributed by atoms with Gasteiger partial charge in [0, 0.05) is 15.8 Å². The molecule has 2 heterocycles. The zero-order valence-electron chi connectivity index (χ0n) is 15.9. The molecule has 29 heavy (non-hydrogen) atoms. The Labute approximate surface area is 170 Å². The van der Waals surface area contributed by atoms with Gasteiger partial charge >= 0.3 is 0 Å². The van der Waals surface area contributed by atoms with Crippen molar-refractivity contribution in [3.8, 4) is 17.0 Å². The number of carbonyl (C=O) groups excluding carboxylic acids is 1. The summed E-state index contributed by atoms with van der Waals surface area (Å²) in [5.74, 6) is 0.411. The van der Waals surface area contributed by atoms with E-state index in [1.165, 1.54) is 11.3 Å². The topological polar surface area (TPSA) is 86.1 Å². The van der Waals surface area contributed by atoms with Gasteiger partial charge in [0.2, 0.25) is 5.91 Å². The summed E-state index contributed by atoms with van der Waals surface area (Å²) >= 11 is 1.38. The van der Waals surface area contributed by atoms with E-state index in [-0.39, 0.29) is 18.0 Å². The maximum Gasteiger partial charge on any atom is 0.275 e. The van der Waals surface area contributed by atoms with Crippen molar-refractivity contribution >= 4 is 33.1 Å². The molecule has 0 atom stereocenters. The number of hydrogen-bond acceptors (Lipinski definition) is 6. The normalized spacial score (nSPS) is 10.8. The summed E-state index contributed by atoms with van der Waals surface area (Å²) in [6, 6.07) is 14.7. The van der Waals surface area contributed by atoms with E-state index < -0.39 is 0 Å². The van der Waals surface area contributed by atoms with E-state index in [0.717, 1.165) is 32.0 Å².